The smallest absolute Gasteiger partial charge is 0.162 e. The van der Waals surface area contributed by atoms with Crippen LogP contribution in [-0.2, 0) is 0 Å². The van der Waals surface area contributed by atoms with Crippen LogP contribution in [0.3, 0.4) is 0 Å². The van der Waals surface area contributed by atoms with Crippen LogP contribution < -0.4 is 5.73 Å². The van der Waals surface area contributed by atoms with Gasteiger partial charge in [0.15, 0.2) is 12.1 Å². The lowest BCUT2D eigenvalue weighted by Crippen LogP contribution is -1.94. The molecule has 0 bridgehead atoms. The Labute approximate surface area is 127 Å². The van der Waals surface area contributed by atoms with E-state index in [2.05, 4.69) is 25.9 Å². The molecule has 0 amide bonds. The highest BCUT2D eigenvalue weighted by molar-refractivity contribution is 9.10. The first-order chi connectivity index (χ1) is 9.60. The fraction of sp³-hybridized carbons (Fsp3) is 0.0714. The lowest BCUT2D eigenvalue weighted by molar-refractivity contribution is 0.112. The summed E-state index contributed by atoms with van der Waals surface area (Å²) in [7, 11) is 0. The summed E-state index contributed by atoms with van der Waals surface area (Å²) in [6.45, 7) is 1.88. The normalized spacial score (nSPS) is 10.9. The van der Waals surface area contributed by atoms with E-state index in [1.165, 1.54) is 11.3 Å². The minimum Gasteiger partial charge on any atom is -0.397 e. The van der Waals surface area contributed by atoms with Crippen LogP contribution in [0.5, 0.6) is 0 Å². The van der Waals surface area contributed by atoms with E-state index in [0.717, 1.165) is 32.2 Å². The van der Waals surface area contributed by atoms with E-state index < -0.39 is 0 Å². The van der Waals surface area contributed by atoms with Crippen LogP contribution in [0.1, 0.15) is 15.4 Å². The monoisotopic (exact) mass is 347 g/mol. The van der Waals surface area contributed by atoms with Crippen LogP contribution in [-0.4, -0.2) is 16.3 Å². The predicted octanol–water partition coefficient (Wildman–Crippen LogP) is 3.82. The Morgan fingerprint density at radius 2 is 1.95 bits per heavy atom. The molecule has 2 aromatic heterocycles. The third-order valence-electron chi connectivity index (χ3n) is 3.01. The van der Waals surface area contributed by atoms with Crippen molar-refractivity contribution in [1.29, 1.82) is 0 Å². The fourth-order valence-corrected chi connectivity index (χ4v) is 3.25. The van der Waals surface area contributed by atoms with Crippen molar-refractivity contribution in [2.45, 2.75) is 6.92 Å². The molecule has 0 unspecified atom stereocenters. The van der Waals surface area contributed by atoms with Crippen LogP contribution in [0.4, 0.5) is 5.69 Å². The molecule has 0 aliphatic heterocycles. The van der Waals surface area contributed by atoms with Gasteiger partial charge in [0, 0.05) is 10.0 Å². The zero-order chi connectivity index (χ0) is 14.3. The van der Waals surface area contributed by atoms with Gasteiger partial charge in [-0.3, -0.25) is 4.79 Å². The maximum Gasteiger partial charge on any atom is 0.162 e. The van der Waals surface area contributed by atoms with E-state index in [4.69, 9.17) is 5.73 Å². The quantitative estimate of drug-likeness (QED) is 0.715. The molecule has 0 saturated heterocycles. The molecular weight excluding hydrogens is 338 g/mol. The third-order valence-corrected chi connectivity index (χ3v) is 4.56. The van der Waals surface area contributed by atoms with E-state index in [-0.39, 0.29) is 0 Å². The lowest BCUT2D eigenvalue weighted by atomic mass is 10.2. The number of fused-ring (bicyclic) bond motifs is 1. The third kappa shape index (κ3) is 2.10. The van der Waals surface area contributed by atoms with Gasteiger partial charge in [-0.1, -0.05) is 28.1 Å². The number of carbonyl (C=O) groups excluding carboxylic acids is 1. The van der Waals surface area contributed by atoms with Gasteiger partial charge in [0.25, 0.3) is 0 Å². The summed E-state index contributed by atoms with van der Waals surface area (Å²) in [6.07, 6.45) is 0.764. The average molecular weight is 348 g/mol. The molecule has 3 aromatic rings. The fourth-order valence-electron chi connectivity index (χ4n) is 2.03. The standard InChI is InChI=1S/C14H10BrN3OS/c1-7-11-12(16)10(6-19)20-14(11)18-13(17-7)8-2-4-9(15)5-3-8/h2-6H,16H2,1H3. The number of thiophene rings is 1. The molecule has 100 valence electrons. The molecule has 3 rings (SSSR count). The van der Waals surface area contributed by atoms with Crippen molar-refractivity contribution >= 4 is 49.5 Å². The summed E-state index contributed by atoms with van der Waals surface area (Å²) >= 11 is 4.70. The number of aromatic nitrogens is 2. The van der Waals surface area contributed by atoms with Crippen LogP contribution in [0.2, 0.25) is 0 Å². The summed E-state index contributed by atoms with van der Waals surface area (Å²) < 4.78 is 1.00. The van der Waals surface area contributed by atoms with Crippen LogP contribution in [0.25, 0.3) is 21.6 Å². The second-order valence-electron chi connectivity index (χ2n) is 4.32. The molecule has 6 heteroatoms. The molecule has 4 nitrogen and oxygen atoms in total. The van der Waals surface area contributed by atoms with E-state index in [9.17, 15) is 4.79 Å². The van der Waals surface area contributed by atoms with Crippen molar-refractivity contribution in [3.05, 3.63) is 39.3 Å². The highest BCUT2D eigenvalue weighted by atomic mass is 79.9. The molecule has 1 aromatic carbocycles. The molecule has 20 heavy (non-hydrogen) atoms. The molecule has 0 saturated carbocycles. The zero-order valence-corrected chi connectivity index (χ0v) is 13.0. The Morgan fingerprint density at radius 1 is 1.25 bits per heavy atom. The van der Waals surface area contributed by atoms with Gasteiger partial charge in [-0.15, -0.1) is 11.3 Å². The number of nitrogens with zero attached hydrogens (tertiary/aromatic N) is 2. The zero-order valence-electron chi connectivity index (χ0n) is 10.6. The first kappa shape index (κ1) is 13.2. The number of anilines is 1. The van der Waals surface area contributed by atoms with E-state index in [1.54, 1.807) is 0 Å². The van der Waals surface area contributed by atoms with Gasteiger partial charge in [-0.05, 0) is 19.1 Å². The number of hydrogen-bond donors (Lipinski definition) is 1. The number of nitrogens with two attached hydrogens (primary N) is 1. The van der Waals surface area contributed by atoms with E-state index >= 15 is 0 Å². The molecule has 2 N–H and O–H groups in total. The van der Waals surface area contributed by atoms with Crippen molar-refractivity contribution in [2.24, 2.45) is 0 Å². The molecule has 0 aliphatic rings. The maximum absolute atomic E-state index is 11.0. The van der Waals surface area contributed by atoms with Crippen molar-refractivity contribution in [3.8, 4) is 11.4 Å². The van der Waals surface area contributed by atoms with Crippen molar-refractivity contribution in [1.82, 2.24) is 9.97 Å². The lowest BCUT2D eigenvalue weighted by Gasteiger charge is -2.03. The second kappa shape index (κ2) is 4.96. The van der Waals surface area contributed by atoms with Gasteiger partial charge in [0.2, 0.25) is 0 Å². The summed E-state index contributed by atoms with van der Waals surface area (Å²) in [6, 6.07) is 7.78. The minimum absolute atomic E-state index is 0.472. The van der Waals surface area contributed by atoms with Crippen molar-refractivity contribution in [2.75, 3.05) is 5.73 Å². The van der Waals surface area contributed by atoms with Gasteiger partial charge in [0.1, 0.15) is 4.83 Å². The van der Waals surface area contributed by atoms with Gasteiger partial charge in [-0.2, -0.15) is 0 Å². The summed E-state index contributed by atoms with van der Waals surface area (Å²) in [5, 5.41) is 0.776. The number of aryl methyl sites for hydroxylation is 1. The number of rotatable bonds is 2. The first-order valence-electron chi connectivity index (χ1n) is 5.88. The Balaban J connectivity index is 2.24. The molecule has 0 aliphatic carbocycles. The number of nitrogen functional groups attached to an aromatic ring is 1. The number of aldehydes is 1. The van der Waals surface area contributed by atoms with Crippen LogP contribution in [0.15, 0.2) is 28.7 Å². The van der Waals surface area contributed by atoms with E-state index in [1.807, 2.05) is 31.2 Å². The van der Waals surface area contributed by atoms with E-state index in [0.29, 0.717) is 16.4 Å². The van der Waals surface area contributed by atoms with Crippen LogP contribution >= 0.6 is 27.3 Å². The maximum atomic E-state index is 11.0. The van der Waals surface area contributed by atoms with Gasteiger partial charge < -0.3 is 5.73 Å². The first-order valence-corrected chi connectivity index (χ1v) is 7.49. The number of halogens is 1. The Morgan fingerprint density at radius 3 is 2.60 bits per heavy atom. The van der Waals surface area contributed by atoms with Gasteiger partial charge >= 0.3 is 0 Å². The Hall–Kier alpha value is -1.79. The number of benzene rings is 1. The Kier molecular flexibility index (Phi) is 3.27. The van der Waals surface area contributed by atoms with Crippen molar-refractivity contribution < 1.29 is 4.79 Å². The Bertz CT molecular complexity index is 811. The highest BCUT2D eigenvalue weighted by Crippen LogP contribution is 2.34. The average Bonchev–Trinajstić information content (AvgIpc) is 2.76. The topological polar surface area (TPSA) is 68.9 Å². The molecular formula is C14H10BrN3OS. The molecule has 0 atom stereocenters. The summed E-state index contributed by atoms with van der Waals surface area (Å²) in [5.74, 6) is 0.640. The van der Waals surface area contributed by atoms with Gasteiger partial charge in [-0.25, -0.2) is 9.97 Å². The number of hydrogen-bond acceptors (Lipinski definition) is 5. The SMILES string of the molecule is Cc1nc(-c2ccc(Br)cc2)nc2sc(C=O)c(N)c12. The molecule has 0 radical (unpaired) electrons. The highest BCUT2D eigenvalue weighted by Gasteiger charge is 2.15. The summed E-state index contributed by atoms with van der Waals surface area (Å²) in [4.78, 5) is 21.2. The predicted molar refractivity (Wildman–Crippen MR) is 85.1 cm³/mol. The largest absolute Gasteiger partial charge is 0.397 e. The molecule has 0 spiro atoms. The van der Waals surface area contributed by atoms with Crippen molar-refractivity contribution in [3.63, 3.8) is 0 Å². The molecule has 2 heterocycles. The van der Waals surface area contributed by atoms with Crippen LogP contribution in [0, 0.1) is 6.92 Å². The minimum atomic E-state index is 0.472. The summed E-state index contributed by atoms with van der Waals surface area (Å²) in [5.41, 5.74) is 8.14. The van der Waals surface area contributed by atoms with Gasteiger partial charge in [0.05, 0.1) is 21.6 Å². The molecule has 0 fully saturated rings. The second-order valence-corrected chi connectivity index (χ2v) is 6.26. The number of carbonyl (C=O) groups is 1.